The van der Waals surface area contributed by atoms with Gasteiger partial charge < -0.3 is 0 Å². The first kappa shape index (κ1) is 13.6. The van der Waals surface area contributed by atoms with E-state index in [1.807, 2.05) is 30.3 Å². The minimum Gasteiger partial charge on any atom is -0.211 e. The van der Waals surface area contributed by atoms with Crippen molar-refractivity contribution in [2.45, 2.75) is 31.1 Å². The molecule has 1 fully saturated rings. The Kier molecular flexibility index (Phi) is 3.30. The molecule has 0 aliphatic heterocycles. The second kappa shape index (κ2) is 4.86. The van der Waals surface area contributed by atoms with Crippen molar-refractivity contribution < 1.29 is 8.42 Å². The van der Waals surface area contributed by atoms with Crippen LogP contribution in [0.3, 0.4) is 0 Å². The Bertz CT molecular complexity index is 728. The summed E-state index contributed by atoms with van der Waals surface area (Å²) in [5.41, 5.74) is 0.206. The number of hydrogen-bond donors (Lipinski definition) is 1. The van der Waals surface area contributed by atoms with Crippen LogP contribution in [-0.2, 0) is 10.0 Å². The van der Waals surface area contributed by atoms with Gasteiger partial charge in [-0.3, -0.25) is 0 Å². The van der Waals surface area contributed by atoms with E-state index in [1.54, 1.807) is 12.1 Å². The minimum absolute atomic E-state index is 0.206. The molecule has 0 aromatic heterocycles. The zero-order valence-electron chi connectivity index (χ0n) is 11.6. The third kappa shape index (κ3) is 2.45. The predicted octanol–water partition coefficient (Wildman–Crippen LogP) is 3.31. The second-order valence-electron chi connectivity index (χ2n) is 5.66. The highest BCUT2D eigenvalue weighted by Gasteiger charge is 2.41. The first-order chi connectivity index (χ1) is 9.56. The monoisotopic (exact) mass is 289 g/mol. The van der Waals surface area contributed by atoms with Crippen LogP contribution in [0.25, 0.3) is 10.8 Å². The van der Waals surface area contributed by atoms with Gasteiger partial charge >= 0.3 is 0 Å². The minimum atomic E-state index is -3.44. The lowest BCUT2D eigenvalue weighted by Gasteiger charge is -2.14. The van der Waals surface area contributed by atoms with Crippen LogP contribution >= 0.6 is 0 Å². The third-order valence-electron chi connectivity index (χ3n) is 4.38. The summed E-state index contributed by atoms with van der Waals surface area (Å²) < 4.78 is 27.8. The van der Waals surface area contributed by atoms with E-state index in [1.165, 1.54) is 0 Å². The van der Waals surface area contributed by atoms with Gasteiger partial charge in [0.05, 0.1) is 4.90 Å². The lowest BCUT2D eigenvalue weighted by Crippen LogP contribution is -2.30. The van der Waals surface area contributed by atoms with Crippen LogP contribution in [0.1, 0.15) is 26.2 Å². The zero-order valence-corrected chi connectivity index (χ0v) is 12.4. The molecule has 0 unspecified atom stereocenters. The van der Waals surface area contributed by atoms with Gasteiger partial charge in [-0.2, -0.15) is 0 Å². The molecule has 0 amide bonds. The molecule has 3 nitrogen and oxygen atoms in total. The fraction of sp³-hybridized carbons (Fsp3) is 0.375. The molecule has 2 aromatic rings. The molecule has 4 heteroatoms. The molecule has 3 rings (SSSR count). The van der Waals surface area contributed by atoms with Crippen molar-refractivity contribution in [2.75, 3.05) is 6.54 Å². The van der Waals surface area contributed by atoms with Crippen LogP contribution < -0.4 is 4.72 Å². The summed E-state index contributed by atoms with van der Waals surface area (Å²) in [6, 6.07) is 13.0. The molecule has 0 saturated heterocycles. The summed E-state index contributed by atoms with van der Waals surface area (Å²) in [7, 11) is -3.44. The Morgan fingerprint density at radius 3 is 2.50 bits per heavy atom. The molecule has 0 radical (unpaired) electrons. The molecule has 2 aromatic carbocycles. The van der Waals surface area contributed by atoms with E-state index >= 15 is 0 Å². The summed E-state index contributed by atoms with van der Waals surface area (Å²) in [6.07, 6.45) is 3.29. The molecule has 1 aliphatic rings. The van der Waals surface area contributed by atoms with Gasteiger partial charge in [0.25, 0.3) is 0 Å². The van der Waals surface area contributed by atoms with Gasteiger partial charge in [0, 0.05) is 11.9 Å². The summed E-state index contributed by atoms with van der Waals surface area (Å²) >= 11 is 0. The fourth-order valence-electron chi connectivity index (χ4n) is 2.59. The molecular formula is C16H19NO2S. The maximum atomic E-state index is 12.5. The Labute approximate surface area is 120 Å². The molecule has 20 heavy (non-hydrogen) atoms. The first-order valence-corrected chi connectivity index (χ1v) is 8.52. The molecule has 0 bridgehead atoms. The van der Waals surface area contributed by atoms with Crippen molar-refractivity contribution in [2.24, 2.45) is 5.41 Å². The Balaban J connectivity index is 1.93. The van der Waals surface area contributed by atoms with Crippen LogP contribution in [0.2, 0.25) is 0 Å². The van der Waals surface area contributed by atoms with Gasteiger partial charge in [0.15, 0.2) is 0 Å². The van der Waals surface area contributed by atoms with Gasteiger partial charge in [-0.25, -0.2) is 13.1 Å². The first-order valence-electron chi connectivity index (χ1n) is 7.04. The summed E-state index contributed by atoms with van der Waals surface area (Å²) in [5.74, 6) is 0. The number of rotatable bonds is 5. The normalized spacial score (nSPS) is 17.2. The maximum Gasteiger partial charge on any atom is 0.241 e. The zero-order chi connectivity index (χ0) is 14.2. The van der Waals surface area contributed by atoms with E-state index in [-0.39, 0.29) is 5.41 Å². The van der Waals surface area contributed by atoms with Gasteiger partial charge in [0.1, 0.15) is 0 Å². The number of hydrogen-bond acceptors (Lipinski definition) is 2. The summed E-state index contributed by atoms with van der Waals surface area (Å²) in [6.45, 7) is 2.67. The van der Waals surface area contributed by atoms with Crippen molar-refractivity contribution >= 4 is 20.8 Å². The number of benzene rings is 2. The summed E-state index contributed by atoms with van der Waals surface area (Å²) in [4.78, 5) is 0.377. The van der Waals surface area contributed by atoms with Crippen molar-refractivity contribution in [1.82, 2.24) is 4.72 Å². The van der Waals surface area contributed by atoms with Crippen molar-refractivity contribution in [3.05, 3.63) is 42.5 Å². The van der Waals surface area contributed by atoms with Crippen molar-refractivity contribution in [3.63, 3.8) is 0 Å². The molecule has 1 N–H and O–H groups in total. The van der Waals surface area contributed by atoms with Gasteiger partial charge in [-0.05, 0) is 36.1 Å². The number of sulfonamides is 1. The quantitative estimate of drug-likeness (QED) is 0.918. The fourth-order valence-corrected chi connectivity index (χ4v) is 3.97. The van der Waals surface area contributed by atoms with Crippen LogP contribution in [0.5, 0.6) is 0 Å². The third-order valence-corrected chi connectivity index (χ3v) is 5.84. The molecule has 0 spiro atoms. The smallest absolute Gasteiger partial charge is 0.211 e. The van der Waals surface area contributed by atoms with Crippen molar-refractivity contribution in [3.8, 4) is 0 Å². The van der Waals surface area contributed by atoms with Crippen LogP contribution in [0.15, 0.2) is 47.4 Å². The summed E-state index contributed by atoms with van der Waals surface area (Å²) in [5, 5.41) is 1.73. The lowest BCUT2D eigenvalue weighted by molar-refractivity contribution is 0.476. The average Bonchev–Trinajstić information content (AvgIpc) is 3.25. The van der Waals surface area contributed by atoms with E-state index in [2.05, 4.69) is 11.6 Å². The van der Waals surface area contributed by atoms with Crippen LogP contribution in [-0.4, -0.2) is 15.0 Å². The van der Waals surface area contributed by atoms with E-state index < -0.39 is 10.0 Å². The number of fused-ring (bicyclic) bond motifs is 1. The largest absolute Gasteiger partial charge is 0.241 e. The predicted molar refractivity (Wildman–Crippen MR) is 81.1 cm³/mol. The molecule has 0 heterocycles. The molecular weight excluding hydrogens is 270 g/mol. The van der Waals surface area contributed by atoms with Gasteiger partial charge in [0.2, 0.25) is 10.0 Å². The average molecular weight is 289 g/mol. The van der Waals surface area contributed by atoms with Gasteiger partial charge in [-0.15, -0.1) is 0 Å². The molecule has 0 atom stereocenters. The Morgan fingerprint density at radius 1 is 1.10 bits per heavy atom. The topological polar surface area (TPSA) is 46.2 Å². The molecule has 1 saturated carbocycles. The van der Waals surface area contributed by atoms with Crippen molar-refractivity contribution in [1.29, 1.82) is 0 Å². The Morgan fingerprint density at radius 2 is 1.80 bits per heavy atom. The highest BCUT2D eigenvalue weighted by Crippen LogP contribution is 2.48. The van der Waals surface area contributed by atoms with E-state index in [4.69, 9.17) is 0 Å². The second-order valence-corrected chi connectivity index (χ2v) is 7.39. The van der Waals surface area contributed by atoms with Crippen LogP contribution in [0, 0.1) is 5.41 Å². The SMILES string of the molecule is CCC1(CNS(=O)(=O)c2cccc3ccccc23)CC1. The lowest BCUT2D eigenvalue weighted by atomic mass is 10.1. The molecule has 1 aliphatic carbocycles. The van der Waals surface area contributed by atoms with E-state index in [0.29, 0.717) is 11.4 Å². The van der Waals surface area contributed by atoms with Crippen LogP contribution in [0.4, 0.5) is 0 Å². The highest BCUT2D eigenvalue weighted by molar-refractivity contribution is 7.89. The van der Waals surface area contributed by atoms with E-state index in [0.717, 1.165) is 30.0 Å². The standard InChI is InChI=1S/C16H19NO2S/c1-2-16(10-11-16)12-17-20(18,19)15-9-5-7-13-6-3-4-8-14(13)15/h3-9,17H,2,10-12H2,1H3. The maximum absolute atomic E-state index is 12.5. The highest BCUT2D eigenvalue weighted by atomic mass is 32.2. The molecule has 106 valence electrons. The number of nitrogens with one attached hydrogen (secondary N) is 1. The van der Waals surface area contributed by atoms with E-state index in [9.17, 15) is 8.42 Å². The van der Waals surface area contributed by atoms with Gasteiger partial charge in [-0.1, -0.05) is 43.3 Å². The Hall–Kier alpha value is -1.39.